The van der Waals surface area contributed by atoms with Gasteiger partial charge in [-0.25, -0.2) is 0 Å². The minimum absolute atomic E-state index is 0.00963. The minimum Gasteiger partial charge on any atom is -0.493 e. The lowest BCUT2D eigenvalue weighted by Crippen LogP contribution is -2.28. The van der Waals surface area contributed by atoms with Crippen molar-refractivity contribution in [3.63, 3.8) is 0 Å². The van der Waals surface area contributed by atoms with Crippen molar-refractivity contribution in [2.75, 3.05) is 33.6 Å². The van der Waals surface area contributed by atoms with Crippen LogP contribution in [0.2, 0.25) is 0 Å². The molecule has 1 amide bonds. The third kappa shape index (κ3) is 7.60. The predicted molar refractivity (Wildman–Crippen MR) is 153 cm³/mol. The molecule has 1 heterocycles. The summed E-state index contributed by atoms with van der Waals surface area (Å²) in [6, 6.07) is 20.0. The van der Waals surface area contributed by atoms with E-state index >= 15 is 0 Å². The Labute approximate surface area is 241 Å². The number of methoxy groups -OCH3 is 2. The summed E-state index contributed by atoms with van der Waals surface area (Å²) in [5.41, 5.74) is 1.33. The molecule has 11 heteroatoms. The van der Waals surface area contributed by atoms with Gasteiger partial charge in [0.1, 0.15) is 0 Å². The smallest absolute Gasteiger partial charge is 0.416 e. The van der Waals surface area contributed by atoms with Crippen LogP contribution in [0.25, 0.3) is 17.1 Å². The number of benzene rings is 3. The largest absolute Gasteiger partial charge is 0.493 e. The maximum Gasteiger partial charge on any atom is 0.416 e. The standard InChI is InChI=1S/C30H31F3N4O3S/c1-36(17-16-21-14-15-25(39-2)26(19-21)40-3)27(38)13-8-18-41-29-35-34-28(22-9-5-4-6-10-22)37(29)24-12-7-11-23(20-24)30(31,32)33/h4-7,9-12,14-15,19-20H,8,13,16-18H2,1-3H3. The van der Waals surface area contributed by atoms with Crippen molar-refractivity contribution >= 4 is 17.7 Å². The Morgan fingerprint density at radius 2 is 1.71 bits per heavy atom. The summed E-state index contributed by atoms with van der Waals surface area (Å²) in [7, 11) is 4.94. The Hall–Kier alpha value is -3.99. The van der Waals surface area contributed by atoms with E-state index < -0.39 is 11.7 Å². The Balaban J connectivity index is 1.39. The van der Waals surface area contributed by atoms with E-state index in [1.54, 1.807) is 36.8 Å². The zero-order valence-corrected chi connectivity index (χ0v) is 23.8. The third-order valence-electron chi connectivity index (χ3n) is 6.47. The van der Waals surface area contributed by atoms with Crippen LogP contribution in [0.15, 0.2) is 78.0 Å². The van der Waals surface area contributed by atoms with Gasteiger partial charge in [-0.1, -0.05) is 54.2 Å². The number of hydrogen-bond acceptors (Lipinski definition) is 6. The van der Waals surface area contributed by atoms with Gasteiger partial charge in [0, 0.05) is 31.3 Å². The molecule has 216 valence electrons. The van der Waals surface area contributed by atoms with Crippen molar-refractivity contribution in [1.29, 1.82) is 0 Å². The number of alkyl halides is 3. The topological polar surface area (TPSA) is 69.5 Å². The van der Waals surface area contributed by atoms with Crippen molar-refractivity contribution in [2.45, 2.75) is 30.6 Å². The van der Waals surface area contributed by atoms with Gasteiger partial charge in [0.15, 0.2) is 22.5 Å². The fourth-order valence-electron chi connectivity index (χ4n) is 4.23. The number of carbonyl (C=O) groups is 1. The summed E-state index contributed by atoms with van der Waals surface area (Å²) >= 11 is 1.35. The second kappa shape index (κ2) is 13.6. The average molecular weight is 585 g/mol. The summed E-state index contributed by atoms with van der Waals surface area (Å²) < 4.78 is 52.6. The molecule has 0 N–H and O–H groups in total. The highest BCUT2D eigenvalue weighted by molar-refractivity contribution is 7.99. The van der Waals surface area contributed by atoms with Gasteiger partial charge in [-0.15, -0.1) is 10.2 Å². The lowest BCUT2D eigenvalue weighted by atomic mass is 10.1. The number of amides is 1. The number of likely N-dealkylation sites (N-methyl/N-ethyl adjacent to an activating group) is 1. The molecule has 1 aromatic heterocycles. The first-order chi connectivity index (χ1) is 19.7. The number of nitrogens with zero attached hydrogens (tertiary/aromatic N) is 4. The highest BCUT2D eigenvalue weighted by Gasteiger charge is 2.31. The first-order valence-electron chi connectivity index (χ1n) is 13.0. The van der Waals surface area contributed by atoms with Gasteiger partial charge in [-0.2, -0.15) is 13.2 Å². The van der Waals surface area contributed by atoms with E-state index in [9.17, 15) is 18.0 Å². The van der Waals surface area contributed by atoms with E-state index in [0.29, 0.717) is 59.7 Å². The lowest BCUT2D eigenvalue weighted by molar-refractivity contribution is -0.137. The SMILES string of the molecule is COc1ccc(CCN(C)C(=O)CCCSc2nnc(-c3ccccc3)n2-c2cccc(C(F)(F)F)c2)cc1OC. The maximum atomic E-state index is 13.4. The lowest BCUT2D eigenvalue weighted by Gasteiger charge is -2.18. The molecule has 3 aromatic carbocycles. The number of carbonyl (C=O) groups excluding carboxylic acids is 1. The molecule has 0 saturated carbocycles. The van der Waals surface area contributed by atoms with Crippen LogP contribution in [-0.2, 0) is 17.4 Å². The normalized spacial score (nSPS) is 11.4. The fraction of sp³-hybridized carbons (Fsp3) is 0.300. The summed E-state index contributed by atoms with van der Waals surface area (Å²) in [5.74, 6) is 2.29. The van der Waals surface area contributed by atoms with Gasteiger partial charge in [-0.3, -0.25) is 9.36 Å². The van der Waals surface area contributed by atoms with E-state index in [1.807, 2.05) is 48.5 Å². The molecular weight excluding hydrogens is 553 g/mol. The summed E-state index contributed by atoms with van der Waals surface area (Å²) in [5, 5.41) is 9.03. The molecular formula is C30H31F3N4O3S. The van der Waals surface area contributed by atoms with Crippen molar-refractivity contribution in [1.82, 2.24) is 19.7 Å². The molecule has 0 aliphatic rings. The van der Waals surface area contributed by atoms with Gasteiger partial charge >= 0.3 is 6.18 Å². The molecule has 0 atom stereocenters. The monoisotopic (exact) mass is 584 g/mol. The van der Waals surface area contributed by atoms with E-state index in [0.717, 1.165) is 23.3 Å². The van der Waals surface area contributed by atoms with E-state index in [-0.39, 0.29) is 5.91 Å². The van der Waals surface area contributed by atoms with Crippen LogP contribution < -0.4 is 9.47 Å². The van der Waals surface area contributed by atoms with E-state index in [4.69, 9.17) is 9.47 Å². The predicted octanol–water partition coefficient (Wildman–Crippen LogP) is 6.54. The number of rotatable bonds is 12. The first-order valence-corrected chi connectivity index (χ1v) is 14.0. The van der Waals surface area contributed by atoms with Gasteiger partial charge < -0.3 is 14.4 Å². The highest BCUT2D eigenvalue weighted by Crippen LogP contribution is 2.33. The van der Waals surface area contributed by atoms with Crippen molar-refractivity contribution < 1.29 is 27.4 Å². The number of aromatic nitrogens is 3. The quantitative estimate of drug-likeness (QED) is 0.139. The zero-order valence-electron chi connectivity index (χ0n) is 23.0. The Morgan fingerprint density at radius 1 is 0.951 bits per heavy atom. The molecule has 0 saturated heterocycles. The van der Waals surface area contributed by atoms with Crippen LogP contribution in [0, 0.1) is 0 Å². The summed E-state index contributed by atoms with van der Waals surface area (Å²) in [6.07, 6.45) is -2.91. The molecule has 7 nitrogen and oxygen atoms in total. The first kappa shape index (κ1) is 30.0. The van der Waals surface area contributed by atoms with Crippen LogP contribution in [0.5, 0.6) is 11.5 Å². The molecule has 0 unspecified atom stereocenters. The number of thioether (sulfide) groups is 1. The highest BCUT2D eigenvalue weighted by atomic mass is 32.2. The van der Waals surface area contributed by atoms with Crippen molar-refractivity contribution in [3.05, 3.63) is 83.9 Å². The fourth-order valence-corrected chi connectivity index (χ4v) is 5.12. The molecule has 0 bridgehead atoms. The third-order valence-corrected chi connectivity index (χ3v) is 7.49. The van der Waals surface area contributed by atoms with Crippen molar-refractivity contribution in [3.8, 4) is 28.6 Å². The Morgan fingerprint density at radius 3 is 2.41 bits per heavy atom. The zero-order chi connectivity index (χ0) is 29.4. The van der Waals surface area contributed by atoms with Crippen molar-refractivity contribution in [2.24, 2.45) is 0 Å². The van der Waals surface area contributed by atoms with Crippen LogP contribution in [-0.4, -0.2) is 59.1 Å². The average Bonchev–Trinajstić information content (AvgIpc) is 3.41. The second-order valence-corrected chi connectivity index (χ2v) is 10.3. The number of ether oxygens (including phenoxy) is 2. The van der Waals surface area contributed by atoms with Crippen LogP contribution >= 0.6 is 11.8 Å². The van der Waals surface area contributed by atoms with Crippen LogP contribution in [0.4, 0.5) is 13.2 Å². The molecule has 0 aliphatic carbocycles. The molecule has 0 spiro atoms. The summed E-state index contributed by atoms with van der Waals surface area (Å²) in [6.45, 7) is 0.547. The van der Waals surface area contributed by atoms with Gasteiger partial charge in [0.05, 0.1) is 25.5 Å². The second-order valence-electron chi connectivity index (χ2n) is 9.26. The maximum absolute atomic E-state index is 13.4. The van der Waals surface area contributed by atoms with Gasteiger partial charge in [0.25, 0.3) is 0 Å². The van der Waals surface area contributed by atoms with E-state index in [1.165, 1.54) is 17.8 Å². The van der Waals surface area contributed by atoms with Crippen LogP contribution in [0.1, 0.15) is 24.0 Å². The van der Waals surface area contributed by atoms with Gasteiger partial charge in [0.2, 0.25) is 5.91 Å². The Bertz CT molecular complexity index is 1460. The molecule has 4 aromatic rings. The van der Waals surface area contributed by atoms with Gasteiger partial charge in [-0.05, 0) is 48.7 Å². The molecule has 0 radical (unpaired) electrons. The Kier molecular flexibility index (Phi) is 9.93. The molecule has 0 fully saturated rings. The molecule has 4 rings (SSSR count). The summed E-state index contributed by atoms with van der Waals surface area (Å²) in [4.78, 5) is 14.4. The minimum atomic E-state index is -4.48. The molecule has 0 aliphatic heterocycles. The van der Waals surface area contributed by atoms with E-state index in [2.05, 4.69) is 10.2 Å². The number of hydrogen-bond donors (Lipinski definition) is 0. The van der Waals surface area contributed by atoms with Crippen LogP contribution in [0.3, 0.4) is 0 Å². The number of halogens is 3. The molecule has 41 heavy (non-hydrogen) atoms.